The Kier molecular flexibility index (Phi) is 4.83. The van der Waals surface area contributed by atoms with Crippen molar-refractivity contribution in [1.82, 2.24) is 4.72 Å². The van der Waals surface area contributed by atoms with Crippen LogP contribution in [0.5, 0.6) is 0 Å². The summed E-state index contributed by atoms with van der Waals surface area (Å²) in [4.78, 5) is 0. The normalized spacial score (nSPS) is 18.7. The topological polar surface area (TPSA) is 72.2 Å². The number of nitrogens with two attached hydrogens (primary N) is 1. The highest BCUT2D eigenvalue weighted by atomic mass is 32.2. The standard InChI is InChI=1S/C15H24N2O2S/c1-13(14-5-3-2-4-6-14)11-20(18,19)17-12-15(7-8-15)9-10-16/h2-6,13,17H,7-12,16H2,1H3. The maximum Gasteiger partial charge on any atom is 0.212 e. The van der Waals surface area contributed by atoms with Crippen molar-refractivity contribution in [2.24, 2.45) is 11.1 Å². The van der Waals surface area contributed by atoms with E-state index in [2.05, 4.69) is 4.72 Å². The maximum absolute atomic E-state index is 12.2. The third-order valence-corrected chi connectivity index (χ3v) is 5.66. The van der Waals surface area contributed by atoms with E-state index in [4.69, 9.17) is 5.73 Å². The van der Waals surface area contributed by atoms with Gasteiger partial charge in [-0.2, -0.15) is 0 Å². The second-order valence-corrected chi connectivity index (χ2v) is 7.80. The summed E-state index contributed by atoms with van der Waals surface area (Å²) in [5.41, 5.74) is 6.77. The molecule has 1 atom stereocenters. The molecule has 112 valence electrons. The van der Waals surface area contributed by atoms with E-state index >= 15 is 0 Å². The van der Waals surface area contributed by atoms with E-state index in [1.165, 1.54) is 0 Å². The highest BCUT2D eigenvalue weighted by Crippen LogP contribution is 2.47. The Morgan fingerprint density at radius 2 is 1.95 bits per heavy atom. The molecule has 2 rings (SSSR count). The number of nitrogens with one attached hydrogen (secondary N) is 1. The van der Waals surface area contributed by atoms with Crippen molar-refractivity contribution in [2.75, 3.05) is 18.8 Å². The molecule has 0 aromatic heterocycles. The first kappa shape index (κ1) is 15.5. The van der Waals surface area contributed by atoms with Crippen LogP contribution in [0.15, 0.2) is 30.3 Å². The smallest absolute Gasteiger partial charge is 0.212 e. The summed E-state index contributed by atoms with van der Waals surface area (Å²) in [6.45, 7) is 3.11. The van der Waals surface area contributed by atoms with Crippen LogP contribution in [-0.2, 0) is 10.0 Å². The van der Waals surface area contributed by atoms with Gasteiger partial charge in [-0.1, -0.05) is 37.3 Å². The fourth-order valence-corrected chi connectivity index (χ4v) is 4.02. The fraction of sp³-hybridized carbons (Fsp3) is 0.600. The molecule has 0 amide bonds. The highest BCUT2D eigenvalue weighted by molar-refractivity contribution is 7.89. The molecule has 0 bridgehead atoms. The molecule has 3 N–H and O–H groups in total. The summed E-state index contributed by atoms with van der Waals surface area (Å²) >= 11 is 0. The fourth-order valence-electron chi connectivity index (χ4n) is 2.53. The van der Waals surface area contributed by atoms with Gasteiger partial charge in [0.25, 0.3) is 0 Å². The molecule has 1 aromatic rings. The van der Waals surface area contributed by atoms with Crippen molar-refractivity contribution in [2.45, 2.75) is 32.1 Å². The Morgan fingerprint density at radius 3 is 2.50 bits per heavy atom. The number of benzene rings is 1. The monoisotopic (exact) mass is 296 g/mol. The van der Waals surface area contributed by atoms with Crippen LogP contribution in [0.2, 0.25) is 0 Å². The molecule has 20 heavy (non-hydrogen) atoms. The summed E-state index contributed by atoms with van der Waals surface area (Å²) in [5, 5.41) is 0. The van der Waals surface area contributed by atoms with Gasteiger partial charge in [0.1, 0.15) is 0 Å². The highest BCUT2D eigenvalue weighted by Gasteiger charge is 2.42. The summed E-state index contributed by atoms with van der Waals surface area (Å²) in [6, 6.07) is 9.75. The van der Waals surface area contributed by atoms with Crippen LogP contribution in [0.25, 0.3) is 0 Å². The Balaban J connectivity index is 1.88. The Bertz CT molecular complexity index is 524. The first-order valence-corrected chi connectivity index (χ1v) is 8.84. The zero-order valence-corrected chi connectivity index (χ0v) is 12.8. The molecule has 1 unspecified atom stereocenters. The van der Waals surface area contributed by atoms with Crippen molar-refractivity contribution in [3.05, 3.63) is 35.9 Å². The van der Waals surface area contributed by atoms with Gasteiger partial charge in [0.2, 0.25) is 10.0 Å². The first-order valence-electron chi connectivity index (χ1n) is 7.19. The minimum atomic E-state index is -3.23. The van der Waals surface area contributed by atoms with E-state index in [1.54, 1.807) is 0 Å². The minimum absolute atomic E-state index is 0.00152. The van der Waals surface area contributed by atoms with Gasteiger partial charge < -0.3 is 5.73 Å². The van der Waals surface area contributed by atoms with Gasteiger partial charge in [0.05, 0.1) is 5.75 Å². The van der Waals surface area contributed by atoms with E-state index in [0.29, 0.717) is 13.1 Å². The maximum atomic E-state index is 12.2. The average Bonchev–Trinajstić information content (AvgIpc) is 3.18. The lowest BCUT2D eigenvalue weighted by atomic mass is 10.0. The third-order valence-electron chi connectivity index (χ3n) is 4.14. The van der Waals surface area contributed by atoms with Crippen LogP contribution in [0.3, 0.4) is 0 Å². The lowest BCUT2D eigenvalue weighted by molar-refractivity contribution is 0.460. The second kappa shape index (κ2) is 6.24. The molecular weight excluding hydrogens is 272 g/mol. The molecule has 0 spiro atoms. The van der Waals surface area contributed by atoms with Crippen LogP contribution in [-0.4, -0.2) is 27.3 Å². The van der Waals surface area contributed by atoms with Crippen molar-refractivity contribution in [3.63, 3.8) is 0 Å². The molecular formula is C15H24N2O2S. The van der Waals surface area contributed by atoms with Gasteiger partial charge in [-0.3, -0.25) is 0 Å². The predicted molar refractivity (Wildman–Crippen MR) is 82.0 cm³/mol. The average molecular weight is 296 g/mol. The second-order valence-electron chi connectivity index (χ2n) is 5.95. The molecule has 0 saturated heterocycles. The SMILES string of the molecule is CC(CS(=O)(=O)NCC1(CCN)CC1)c1ccccc1. The Labute approximate surface area is 121 Å². The van der Waals surface area contributed by atoms with Gasteiger partial charge in [0.15, 0.2) is 0 Å². The molecule has 0 aliphatic heterocycles. The summed E-state index contributed by atoms with van der Waals surface area (Å²) in [6.07, 6.45) is 3.08. The summed E-state index contributed by atoms with van der Waals surface area (Å²) in [7, 11) is -3.23. The van der Waals surface area contributed by atoms with E-state index in [-0.39, 0.29) is 17.1 Å². The van der Waals surface area contributed by atoms with Crippen molar-refractivity contribution in [3.8, 4) is 0 Å². The van der Waals surface area contributed by atoms with E-state index in [9.17, 15) is 8.42 Å². The minimum Gasteiger partial charge on any atom is -0.330 e. The van der Waals surface area contributed by atoms with Crippen molar-refractivity contribution in [1.29, 1.82) is 0 Å². The zero-order chi connectivity index (χ0) is 14.6. The van der Waals surface area contributed by atoms with Gasteiger partial charge in [0, 0.05) is 6.54 Å². The number of hydrogen-bond donors (Lipinski definition) is 2. The van der Waals surface area contributed by atoms with Gasteiger partial charge in [-0.15, -0.1) is 0 Å². The molecule has 4 nitrogen and oxygen atoms in total. The van der Waals surface area contributed by atoms with Crippen LogP contribution >= 0.6 is 0 Å². The number of rotatable bonds is 8. The molecule has 1 aromatic carbocycles. The third kappa shape index (κ3) is 4.30. The van der Waals surface area contributed by atoms with Crippen molar-refractivity contribution >= 4 is 10.0 Å². The molecule has 1 aliphatic rings. The molecule has 1 fully saturated rings. The molecule has 5 heteroatoms. The number of hydrogen-bond acceptors (Lipinski definition) is 3. The lowest BCUT2D eigenvalue weighted by Gasteiger charge is -2.17. The van der Waals surface area contributed by atoms with Crippen LogP contribution in [0.4, 0.5) is 0 Å². The van der Waals surface area contributed by atoms with E-state index < -0.39 is 10.0 Å². The summed E-state index contributed by atoms with van der Waals surface area (Å²) < 4.78 is 27.1. The molecule has 0 heterocycles. The predicted octanol–water partition coefficient (Wildman–Crippen LogP) is 1.84. The van der Waals surface area contributed by atoms with Gasteiger partial charge in [-0.05, 0) is 42.7 Å². The Hall–Kier alpha value is -0.910. The lowest BCUT2D eigenvalue weighted by Crippen LogP contribution is -2.34. The van der Waals surface area contributed by atoms with Crippen LogP contribution < -0.4 is 10.5 Å². The summed E-state index contributed by atoms with van der Waals surface area (Å²) in [5.74, 6) is 0.133. The van der Waals surface area contributed by atoms with E-state index in [1.807, 2.05) is 37.3 Å². The number of sulfonamides is 1. The van der Waals surface area contributed by atoms with Gasteiger partial charge >= 0.3 is 0 Å². The molecule has 1 aliphatic carbocycles. The Morgan fingerprint density at radius 1 is 1.30 bits per heavy atom. The van der Waals surface area contributed by atoms with Crippen LogP contribution in [0.1, 0.15) is 37.7 Å². The van der Waals surface area contributed by atoms with Crippen molar-refractivity contribution < 1.29 is 8.42 Å². The zero-order valence-electron chi connectivity index (χ0n) is 12.0. The quantitative estimate of drug-likeness (QED) is 0.769. The first-order chi connectivity index (χ1) is 9.46. The van der Waals surface area contributed by atoms with Crippen LogP contribution in [0, 0.1) is 5.41 Å². The van der Waals surface area contributed by atoms with Gasteiger partial charge in [-0.25, -0.2) is 13.1 Å². The van der Waals surface area contributed by atoms with E-state index in [0.717, 1.165) is 24.8 Å². The largest absolute Gasteiger partial charge is 0.330 e. The molecule has 0 radical (unpaired) electrons. The molecule has 1 saturated carbocycles.